The number of Topliss-reactive ketones (excluding diaryl/α,β-unsaturated/α-hetero) is 1. The van der Waals surface area contributed by atoms with Crippen LogP contribution in [0.4, 0.5) is 5.69 Å². The maximum Gasteiger partial charge on any atom is 0.224 e. The van der Waals surface area contributed by atoms with Gasteiger partial charge in [0.1, 0.15) is 0 Å². The van der Waals surface area contributed by atoms with Crippen molar-refractivity contribution in [1.29, 1.82) is 0 Å². The van der Waals surface area contributed by atoms with Crippen molar-refractivity contribution in [1.82, 2.24) is 0 Å². The molecule has 0 saturated carbocycles. The van der Waals surface area contributed by atoms with Gasteiger partial charge < -0.3 is 15.8 Å². The molecule has 5 nitrogen and oxygen atoms in total. The number of ether oxygens (including phenoxy) is 1. The fourth-order valence-corrected chi connectivity index (χ4v) is 2.52. The first-order chi connectivity index (χ1) is 9.14. The third kappa shape index (κ3) is 1.95. The third-order valence-corrected chi connectivity index (χ3v) is 3.89. The lowest BCUT2D eigenvalue weighted by atomic mass is 9.78. The third-order valence-electron chi connectivity index (χ3n) is 3.89. The molecule has 5 heteroatoms. The molecule has 0 unspecified atom stereocenters. The van der Waals surface area contributed by atoms with Crippen molar-refractivity contribution < 1.29 is 14.3 Å². The summed E-state index contributed by atoms with van der Waals surface area (Å²) < 4.78 is 5.14. The highest BCUT2D eigenvalue weighted by atomic mass is 16.5. The lowest BCUT2D eigenvalue weighted by Crippen LogP contribution is -2.54. The van der Waals surface area contributed by atoms with Crippen LogP contribution < -0.4 is 11.1 Å². The minimum absolute atomic E-state index is 0.0254. The monoisotopic (exact) mass is 260 g/mol. The van der Waals surface area contributed by atoms with Gasteiger partial charge in [-0.3, -0.25) is 9.59 Å². The standard InChI is InChI=1S/C14H16N2O3/c15-6-14(7-19-8-14)13(18)10-1-3-11-9(5-10)2-4-12(17)16-11/h1,3,5H,2,4,6-8,15H2,(H,16,17). The summed E-state index contributed by atoms with van der Waals surface area (Å²) in [5.41, 5.74) is 7.63. The lowest BCUT2D eigenvalue weighted by molar-refractivity contribution is -0.116. The van der Waals surface area contributed by atoms with E-state index in [0.717, 1.165) is 11.3 Å². The van der Waals surface area contributed by atoms with E-state index in [1.807, 2.05) is 6.07 Å². The summed E-state index contributed by atoms with van der Waals surface area (Å²) in [4.78, 5) is 23.8. The van der Waals surface area contributed by atoms with Gasteiger partial charge in [-0.05, 0) is 30.2 Å². The number of carbonyl (C=O) groups excluding carboxylic acids is 2. The smallest absolute Gasteiger partial charge is 0.224 e. The molecule has 0 atom stereocenters. The zero-order valence-electron chi connectivity index (χ0n) is 10.6. The predicted octanol–water partition coefficient (Wildman–Crippen LogP) is 0.729. The molecule has 2 heterocycles. The number of fused-ring (bicyclic) bond motifs is 1. The van der Waals surface area contributed by atoms with E-state index in [4.69, 9.17) is 10.5 Å². The van der Waals surface area contributed by atoms with Crippen molar-refractivity contribution >= 4 is 17.4 Å². The number of hydrogen-bond acceptors (Lipinski definition) is 4. The number of nitrogens with two attached hydrogens (primary N) is 1. The normalized spacial score (nSPS) is 20.2. The SMILES string of the molecule is NCC1(C(=O)c2ccc3c(c2)CCC(=O)N3)COC1. The Balaban J connectivity index is 1.90. The maximum atomic E-state index is 12.5. The number of benzene rings is 1. The number of aryl methyl sites for hydroxylation is 1. The van der Waals surface area contributed by atoms with E-state index in [2.05, 4.69) is 5.32 Å². The van der Waals surface area contributed by atoms with Crippen molar-refractivity contribution in [3.63, 3.8) is 0 Å². The Bertz CT molecular complexity index is 544. The van der Waals surface area contributed by atoms with Gasteiger partial charge in [-0.15, -0.1) is 0 Å². The van der Waals surface area contributed by atoms with Crippen LogP contribution in [0.5, 0.6) is 0 Å². The summed E-state index contributed by atoms with van der Waals surface area (Å²) in [7, 11) is 0. The predicted molar refractivity (Wildman–Crippen MR) is 70.0 cm³/mol. The minimum atomic E-state index is -0.549. The zero-order valence-corrected chi connectivity index (χ0v) is 10.6. The van der Waals surface area contributed by atoms with Crippen LogP contribution in [-0.2, 0) is 16.0 Å². The number of hydrogen-bond donors (Lipinski definition) is 2. The van der Waals surface area contributed by atoms with Gasteiger partial charge in [-0.1, -0.05) is 0 Å². The van der Waals surface area contributed by atoms with Crippen LogP contribution in [-0.4, -0.2) is 31.4 Å². The first kappa shape index (κ1) is 12.3. The summed E-state index contributed by atoms with van der Waals surface area (Å²) in [6.45, 7) is 1.10. The average Bonchev–Trinajstić information content (AvgIpc) is 2.37. The first-order valence-electron chi connectivity index (χ1n) is 6.40. The quantitative estimate of drug-likeness (QED) is 0.785. The molecule has 3 rings (SSSR count). The fourth-order valence-electron chi connectivity index (χ4n) is 2.52. The minimum Gasteiger partial charge on any atom is -0.379 e. The van der Waals surface area contributed by atoms with Gasteiger partial charge in [0.2, 0.25) is 5.91 Å². The van der Waals surface area contributed by atoms with E-state index >= 15 is 0 Å². The van der Waals surface area contributed by atoms with Gasteiger partial charge in [0, 0.05) is 24.2 Å². The first-order valence-corrected chi connectivity index (χ1v) is 6.40. The van der Waals surface area contributed by atoms with Crippen molar-refractivity contribution in [2.75, 3.05) is 25.1 Å². The number of anilines is 1. The zero-order chi connectivity index (χ0) is 13.5. The van der Waals surface area contributed by atoms with Crippen LogP contribution in [0.15, 0.2) is 18.2 Å². The molecule has 2 aliphatic heterocycles. The molecule has 0 bridgehead atoms. The number of nitrogens with one attached hydrogen (secondary N) is 1. The summed E-state index contributed by atoms with van der Waals surface area (Å²) in [5, 5.41) is 2.81. The highest BCUT2D eigenvalue weighted by Gasteiger charge is 2.44. The topological polar surface area (TPSA) is 81.4 Å². The van der Waals surface area contributed by atoms with Gasteiger partial charge in [-0.25, -0.2) is 0 Å². The van der Waals surface area contributed by atoms with E-state index in [-0.39, 0.29) is 11.7 Å². The molecule has 1 aromatic carbocycles. The van der Waals surface area contributed by atoms with E-state index in [9.17, 15) is 9.59 Å². The van der Waals surface area contributed by atoms with Crippen LogP contribution >= 0.6 is 0 Å². The molecule has 19 heavy (non-hydrogen) atoms. The van der Waals surface area contributed by atoms with Gasteiger partial charge in [0.25, 0.3) is 0 Å². The van der Waals surface area contributed by atoms with E-state index in [0.29, 0.717) is 38.2 Å². The van der Waals surface area contributed by atoms with Crippen molar-refractivity contribution in [3.05, 3.63) is 29.3 Å². The van der Waals surface area contributed by atoms with E-state index in [1.54, 1.807) is 12.1 Å². The number of carbonyl (C=O) groups is 2. The second kappa shape index (κ2) is 4.43. The van der Waals surface area contributed by atoms with Crippen LogP contribution in [0.3, 0.4) is 0 Å². The molecule has 0 aliphatic carbocycles. The van der Waals surface area contributed by atoms with Crippen LogP contribution in [0, 0.1) is 5.41 Å². The molecule has 1 amide bonds. The largest absolute Gasteiger partial charge is 0.379 e. The van der Waals surface area contributed by atoms with E-state index < -0.39 is 5.41 Å². The molecule has 0 aromatic heterocycles. The molecular formula is C14H16N2O3. The molecule has 1 aromatic rings. The maximum absolute atomic E-state index is 12.5. The fraction of sp³-hybridized carbons (Fsp3) is 0.429. The van der Waals surface area contributed by atoms with Crippen molar-refractivity contribution in [2.24, 2.45) is 11.1 Å². The van der Waals surface area contributed by atoms with Crippen molar-refractivity contribution in [2.45, 2.75) is 12.8 Å². The van der Waals surface area contributed by atoms with Crippen LogP contribution in [0.2, 0.25) is 0 Å². The Kier molecular flexibility index (Phi) is 2.88. The molecule has 0 radical (unpaired) electrons. The molecule has 1 saturated heterocycles. The number of ketones is 1. The number of rotatable bonds is 3. The average molecular weight is 260 g/mol. The molecule has 2 aliphatic rings. The Hall–Kier alpha value is -1.72. The van der Waals surface area contributed by atoms with Crippen LogP contribution in [0.1, 0.15) is 22.3 Å². The van der Waals surface area contributed by atoms with Gasteiger partial charge in [0.05, 0.1) is 18.6 Å². The van der Waals surface area contributed by atoms with Gasteiger partial charge >= 0.3 is 0 Å². The molecule has 100 valence electrons. The Morgan fingerprint density at radius 1 is 1.37 bits per heavy atom. The molecule has 3 N–H and O–H groups in total. The van der Waals surface area contributed by atoms with E-state index in [1.165, 1.54) is 0 Å². The number of amides is 1. The molecular weight excluding hydrogens is 244 g/mol. The van der Waals surface area contributed by atoms with Gasteiger partial charge in [-0.2, -0.15) is 0 Å². The molecule has 0 spiro atoms. The highest BCUT2D eigenvalue weighted by Crippen LogP contribution is 2.32. The highest BCUT2D eigenvalue weighted by molar-refractivity contribution is 6.03. The Morgan fingerprint density at radius 3 is 2.79 bits per heavy atom. The second-order valence-corrected chi connectivity index (χ2v) is 5.23. The summed E-state index contributed by atoms with van der Waals surface area (Å²) in [5.74, 6) is 0.0679. The lowest BCUT2D eigenvalue weighted by Gasteiger charge is -2.39. The summed E-state index contributed by atoms with van der Waals surface area (Å²) in [6.07, 6.45) is 1.14. The van der Waals surface area contributed by atoms with Crippen molar-refractivity contribution in [3.8, 4) is 0 Å². The van der Waals surface area contributed by atoms with Gasteiger partial charge in [0.15, 0.2) is 5.78 Å². The summed E-state index contributed by atoms with van der Waals surface area (Å²) >= 11 is 0. The Labute approximate surface area is 111 Å². The Morgan fingerprint density at radius 2 is 2.16 bits per heavy atom. The molecule has 1 fully saturated rings. The second-order valence-electron chi connectivity index (χ2n) is 5.23. The summed E-state index contributed by atoms with van der Waals surface area (Å²) in [6, 6.07) is 5.42. The van der Waals surface area contributed by atoms with Crippen LogP contribution in [0.25, 0.3) is 0 Å².